The minimum absolute atomic E-state index is 0.114. The van der Waals surface area contributed by atoms with E-state index in [1.165, 1.54) is 0 Å². The van der Waals surface area contributed by atoms with Crippen molar-refractivity contribution >= 4 is 7.12 Å². The fourth-order valence-corrected chi connectivity index (χ4v) is 2.72. The van der Waals surface area contributed by atoms with Gasteiger partial charge < -0.3 is 18.4 Å². The fourth-order valence-electron chi connectivity index (χ4n) is 2.72. The molecule has 23 heavy (non-hydrogen) atoms. The molecule has 1 aliphatic heterocycles. The molecule has 0 N–H and O–H groups in total. The molecule has 0 unspecified atom stereocenters. The maximum Gasteiger partial charge on any atom is 0.457 e. The lowest BCUT2D eigenvalue weighted by Crippen LogP contribution is -2.41. The lowest BCUT2D eigenvalue weighted by molar-refractivity contribution is -0.700. The monoisotopic (exact) mass is 312 g/mol. The van der Waals surface area contributed by atoms with E-state index in [-0.39, 0.29) is 18.3 Å². The Balaban J connectivity index is 1.52. The van der Waals surface area contributed by atoms with Crippen molar-refractivity contribution in [2.24, 2.45) is 0 Å². The van der Waals surface area contributed by atoms with Crippen molar-refractivity contribution in [1.82, 2.24) is 4.57 Å². The number of aryl methyl sites for hydroxylation is 1. The maximum atomic E-state index is 6.03. The lowest BCUT2D eigenvalue weighted by Gasteiger charge is -2.32. The summed E-state index contributed by atoms with van der Waals surface area (Å²) in [5.74, 6) is 0. The van der Waals surface area contributed by atoms with E-state index in [0.717, 1.165) is 25.0 Å². The summed E-state index contributed by atoms with van der Waals surface area (Å²) in [6.07, 6.45) is 9.31. The smallest absolute Gasteiger partial charge is 0.403 e. The van der Waals surface area contributed by atoms with Gasteiger partial charge in [0.2, 0.25) is 6.33 Å². The van der Waals surface area contributed by atoms with Gasteiger partial charge in [-0.3, -0.25) is 0 Å². The number of benzene rings is 1. The van der Waals surface area contributed by atoms with E-state index in [1.807, 2.05) is 29.0 Å². The van der Waals surface area contributed by atoms with Crippen LogP contribution >= 0.6 is 0 Å². The number of hydrogen-bond acceptors (Lipinski definition) is 2. The second kappa shape index (κ2) is 6.14. The molecule has 1 fully saturated rings. The van der Waals surface area contributed by atoms with Crippen LogP contribution < -0.4 is 4.57 Å². The summed E-state index contributed by atoms with van der Waals surface area (Å²) >= 11 is 0. The van der Waals surface area contributed by atoms with Gasteiger partial charge in [0.1, 0.15) is 0 Å². The molecular formula is C18H25BN2O2. The number of hydrogen-bond donors (Lipinski definition) is 0. The molecule has 0 bridgehead atoms. The van der Waals surface area contributed by atoms with Gasteiger partial charge in [-0.25, -0.2) is 0 Å². The number of imidazole rings is 1. The molecule has 0 amide bonds. The zero-order valence-corrected chi connectivity index (χ0v) is 14.5. The molecule has 4 nitrogen and oxygen atoms in total. The lowest BCUT2D eigenvalue weighted by atomic mass is 9.83. The quantitative estimate of drug-likeness (QED) is 0.482. The van der Waals surface area contributed by atoms with Gasteiger partial charge in [-0.2, -0.15) is 0 Å². The molecule has 0 radical (unpaired) electrons. The topological polar surface area (TPSA) is 27.3 Å². The van der Waals surface area contributed by atoms with Crippen LogP contribution in [0.1, 0.15) is 34.1 Å². The van der Waals surface area contributed by atoms with E-state index in [4.69, 9.17) is 9.31 Å². The number of para-hydroxylation sites is 1. The Labute approximate surface area is 139 Å². The van der Waals surface area contributed by atoms with E-state index in [1.54, 1.807) is 0 Å². The molecule has 1 aromatic heterocycles. The number of rotatable bonds is 5. The van der Waals surface area contributed by atoms with Crippen LogP contribution in [0.5, 0.6) is 0 Å². The summed E-state index contributed by atoms with van der Waals surface area (Å²) in [5.41, 5.74) is 0.637. The summed E-state index contributed by atoms with van der Waals surface area (Å²) in [4.78, 5) is 0. The predicted molar refractivity (Wildman–Crippen MR) is 90.3 cm³/mol. The van der Waals surface area contributed by atoms with Crippen LogP contribution in [-0.2, 0) is 15.9 Å². The highest BCUT2D eigenvalue weighted by Gasteiger charge is 2.50. The van der Waals surface area contributed by atoms with Crippen molar-refractivity contribution in [3.63, 3.8) is 0 Å². The number of aromatic nitrogens is 2. The summed E-state index contributed by atoms with van der Waals surface area (Å²) in [6, 6.07) is 10.2. The third kappa shape index (κ3) is 3.51. The van der Waals surface area contributed by atoms with Crippen LogP contribution in [0.15, 0.2) is 42.7 Å². The van der Waals surface area contributed by atoms with Crippen molar-refractivity contribution in [2.45, 2.75) is 58.2 Å². The summed E-state index contributed by atoms with van der Waals surface area (Å²) in [6.45, 7) is 9.28. The first-order valence-corrected chi connectivity index (χ1v) is 8.29. The molecule has 5 heteroatoms. The molecule has 1 aliphatic rings. The van der Waals surface area contributed by atoms with Crippen molar-refractivity contribution < 1.29 is 13.9 Å². The van der Waals surface area contributed by atoms with E-state index in [2.05, 4.69) is 56.9 Å². The average Bonchev–Trinajstić information content (AvgIpc) is 3.03. The predicted octanol–water partition coefficient (Wildman–Crippen LogP) is 3.05. The van der Waals surface area contributed by atoms with Crippen LogP contribution in [-0.4, -0.2) is 22.9 Å². The summed E-state index contributed by atoms with van der Waals surface area (Å²) in [7, 11) is -0.114. The SMILES string of the molecule is CC1(C)OB(CCC[n+]2[c-]n(-c3ccccc3)cc2)OC1(C)C. The Hall–Kier alpha value is -1.59. The van der Waals surface area contributed by atoms with Gasteiger partial charge in [-0.1, -0.05) is 30.3 Å². The molecular weight excluding hydrogens is 287 g/mol. The Morgan fingerprint density at radius 3 is 2.39 bits per heavy atom. The largest absolute Gasteiger partial charge is 0.457 e. The number of nitrogens with zero attached hydrogens (tertiary/aromatic N) is 2. The van der Waals surface area contributed by atoms with Crippen LogP contribution in [0.4, 0.5) is 0 Å². The first kappa shape index (κ1) is 16.3. The minimum Gasteiger partial charge on any atom is -0.403 e. The van der Waals surface area contributed by atoms with Crippen LogP contribution in [0.3, 0.4) is 0 Å². The highest BCUT2D eigenvalue weighted by Crippen LogP contribution is 2.37. The molecule has 1 saturated heterocycles. The van der Waals surface area contributed by atoms with E-state index in [0.29, 0.717) is 0 Å². The standard InChI is InChI=1S/C18H25BN2O2/c1-17(2)18(3,4)23-19(22-17)11-8-12-20-13-14-21(15-20)16-9-6-5-7-10-16/h5-7,9-10,13-14H,8,11-12H2,1-4H3. The van der Waals surface area contributed by atoms with Crippen molar-refractivity contribution in [3.05, 3.63) is 49.1 Å². The summed E-state index contributed by atoms with van der Waals surface area (Å²) in [5, 5.41) is 0. The molecule has 2 heterocycles. The second-order valence-electron chi connectivity index (χ2n) is 7.13. The van der Waals surface area contributed by atoms with Gasteiger partial charge in [0.05, 0.1) is 23.4 Å². The van der Waals surface area contributed by atoms with Gasteiger partial charge in [0.15, 0.2) is 0 Å². The van der Waals surface area contributed by atoms with Crippen LogP contribution in [0.2, 0.25) is 6.32 Å². The van der Waals surface area contributed by atoms with E-state index >= 15 is 0 Å². The Kier molecular flexibility index (Phi) is 4.34. The molecule has 122 valence electrons. The van der Waals surface area contributed by atoms with Crippen LogP contribution in [0, 0.1) is 6.33 Å². The molecule has 2 aromatic rings. The van der Waals surface area contributed by atoms with Crippen LogP contribution in [0.25, 0.3) is 5.69 Å². The highest BCUT2D eigenvalue weighted by molar-refractivity contribution is 6.45. The highest BCUT2D eigenvalue weighted by atomic mass is 16.7. The van der Waals surface area contributed by atoms with E-state index < -0.39 is 0 Å². The van der Waals surface area contributed by atoms with Crippen molar-refractivity contribution in [2.75, 3.05) is 0 Å². The molecule has 1 aromatic carbocycles. The Bertz CT molecular complexity index is 636. The zero-order valence-electron chi connectivity index (χ0n) is 14.5. The maximum absolute atomic E-state index is 6.03. The second-order valence-corrected chi connectivity index (χ2v) is 7.13. The van der Waals surface area contributed by atoms with Crippen molar-refractivity contribution in [1.29, 1.82) is 0 Å². The van der Waals surface area contributed by atoms with E-state index in [9.17, 15) is 0 Å². The van der Waals surface area contributed by atoms with Gasteiger partial charge >= 0.3 is 7.12 Å². The van der Waals surface area contributed by atoms with Gasteiger partial charge in [0.25, 0.3) is 0 Å². The third-order valence-electron chi connectivity index (χ3n) is 4.81. The average molecular weight is 312 g/mol. The first-order valence-electron chi connectivity index (χ1n) is 8.29. The summed E-state index contributed by atoms with van der Waals surface area (Å²) < 4.78 is 16.1. The van der Waals surface area contributed by atoms with Gasteiger partial charge in [-0.15, -0.1) is 0 Å². The molecule has 0 atom stereocenters. The van der Waals surface area contributed by atoms with Gasteiger partial charge in [0, 0.05) is 12.4 Å². The molecule has 0 aliphatic carbocycles. The van der Waals surface area contributed by atoms with Crippen molar-refractivity contribution in [3.8, 4) is 5.69 Å². The van der Waals surface area contributed by atoms with Gasteiger partial charge in [-0.05, 0) is 40.4 Å². The Morgan fingerprint density at radius 1 is 1.09 bits per heavy atom. The molecule has 0 saturated carbocycles. The first-order chi connectivity index (χ1) is 10.9. The minimum atomic E-state index is -0.242. The molecule has 3 rings (SSSR count). The molecule has 0 spiro atoms. The third-order valence-corrected chi connectivity index (χ3v) is 4.81. The Morgan fingerprint density at radius 2 is 1.74 bits per heavy atom. The normalized spacial score (nSPS) is 19.2. The fraction of sp³-hybridized carbons (Fsp3) is 0.500. The zero-order chi connectivity index (χ0) is 16.5.